The first-order chi connectivity index (χ1) is 9.86. The molecule has 20 heavy (non-hydrogen) atoms. The third kappa shape index (κ3) is 2.62. The lowest BCUT2D eigenvalue weighted by molar-refractivity contribution is 0.641. The molecule has 0 aromatic carbocycles. The van der Waals surface area contributed by atoms with Crippen molar-refractivity contribution in [1.29, 1.82) is 0 Å². The normalized spacial score (nSPS) is 15.2. The van der Waals surface area contributed by atoms with Crippen molar-refractivity contribution in [2.45, 2.75) is 0 Å². The van der Waals surface area contributed by atoms with Crippen LogP contribution < -0.4 is 21.1 Å². The van der Waals surface area contributed by atoms with Gasteiger partial charge in [0, 0.05) is 38.4 Å². The van der Waals surface area contributed by atoms with E-state index in [-0.39, 0.29) is 0 Å². The van der Waals surface area contributed by atoms with Crippen LogP contribution in [0.15, 0.2) is 36.8 Å². The van der Waals surface area contributed by atoms with Gasteiger partial charge in [0.05, 0.1) is 0 Å². The summed E-state index contributed by atoms with van der Waals surface area (Å²) in [5, 5.41) is 0. The highest BCUT2D eigenvalue weighted by atomic mass is 15.3. The predicted octanol–water partition coefficient (Wildman–Crippen LogP) is 0.484. The number of nitrogen functional groups attached to an aromatic ring is 1. The van der Waals surface area contributed by atoms with Crippen LogP contribution in [0.5, 0.6) is 0 Å². The van der Waals surface area contributed by atoms with E-state index >= 15 is 0 Å². The second kappa shape index (κ2) is 5.70. The summed E-state index contributed by atoms with van der Waals surface area (Å²) in [7, 11) is 0. The summed E-state index contributed by atoms with van der Waals surface area (Å²) < 4.78 is 0. The van der Waals surface area contributed by atoms with Crippen molar-refractivity contribution in [3.05, 3.63) is 36.8 Å². The van der Waals surface area contributed by atoms with E-state index in [0.717, 1.165) is 37.8 Å². The van der Waals surface area contributed by atoms with E-state index in [4.69, 9.17) is 5.84 Å². The zero-order valence-electron chi connectivity index (χ0n) is 11.1. The largest absolute Gasteiger partial charge is 0.353 e. The van der Waals surface area contributed by atoms with Gasteiger partial charge in [0.1, 0.15) is 23.8 Å². The van der Waals surface area contributed by atoms with E-state index in [0.29, 0.717) is 5.82 Å². The topological polar surface area (TPSA) is 83.2 Å². The van der Waals surface area contributed by atoms with Crippen LogP contribution in [0.3, 0.4) is 0 Å². The van der Waals surface area contributed by atoms with Crippen LogP contribution in [0.2, 0.25) is 0 Å². The Hall–Kier alpha value is -2.41. The molecule has 2 aromatic heterocycles. The second-order valence-electron chi connectivity index (χ2n) is 4.57. The highest BCUT2D eigenvalue weighted by Crippen LogP contribution is 2.18. The second-order valence-corrected chi connectivity index (χ2v) is 4.57. The third-order valence-electron chi connectivity index (χ3n) is 3.38. The molecule has 0 bridgehead atoms. The minimum Gasteiger partial charge on any atom is -0.353 e. The van der Waals surface area contributed by atoms with Crippen LogP contribution in [0.1, 0.15) is 0 Å². The fraction of sp³-hybridized carbons (Fsp3) is 0.308. The molecule has 0 saturated carbocycles. The van der Waals surface area contributed by atoms with Gasteiger partial charge in [-0.15, -0.1) is 0 Å². The van der Waals surface area contributed by atoms with Crippen molar-refractivity contribution >= 4 is 17.5 Å². The van der Waals surface area contributed by atoms with Crippen molar-refractivity contribution < 1.29 is 0 Å². The van der Waals surface area contributed by atoms with Gasteiger partial charge in [-0.1, -0.05) is 6.07 Å². The number of hydrazine groups is 1. The first-order valence-corrected chi connectivity index (χ1v) is 6.56. The molecule has 7 heteroatoms. The maximum Gasteiger partial charge on any atom is 0.145 e. The van der Waals surface area contributed by atoms with E-state index in [2.05, 4.69) is 30.2 Å². The molecule has 3 heterocycles. The Morgan fingerprint density at radius 2 is 1.70 bits per heavy atom. The number of rotatable bonds is 3. The van der Waals surface area contributed by atoms with E-state index in [1.54, 1.807) is 0 Å². The zero-order valence-corrected chi connectivity index (χ0v) is 11.1. The number of nitrogens with one attached hydrogen (secondary N) is 1. The Balaban J connectivity index is 1.66. The minimum atomic E-state index is 0.627. The molecule has 1 aliphatic heterocycles. The average Bonchev–Trinajstić information content (AvgIpc) is 2.56. The van der Waals surface area contributed by atoms with Gasteiger partial charge >= 0.3 is 0 Å². The molecule has 1 fully saturated rings. The van der Waals surface area contributed by atoms with Crippen molar-refractivity contribution in [3.8, 4) is 0 Å². The van der Waals surface area contributed by atoms with Gasteiger partial charge in [-0.25, -0.2) is 20.8 Å². The van der Waals surface area contributed by atoms with E-state index in [1.807, 2.05) is 30.5 Å². The number of nitrogens with zero attached hydrogens (tertiary/aromatic N) is 5. The molecule has 7 nitrogen and oxygen atoms in total. The van der Waals surface area contributed by atoms with Gasteiger partial charge in [-0.3, -0.25) is 0 Å². The van der Waals surface area contributed by atoms with Gasteiger partial charge < -0.3 is 15.2 Å². The first-order valence-electron chi connectivity index (χ1n) is 6.56. The third-order valence-corrected chi connectivity index (χ3v) is 3.38. The smallest absolute Gasteiger partial charge is 0.145 e. The molecule has 0 aliphatic carbocycles. The van der Waals surface area contributed by atoms with Crippen molar-refractivity contribution in [3.63, 3.8) is 0 Å². The highest BCUT2D eigenvalue weighted by Gasteiger charge is 2.19. The van der Waals surface area contributed by atoms with Crippen LogP contribution in [-0.2, 0) is 0 Å². The Kier molecular flexibility index (Phi) is 3.60. The molecule has 0 spiro atoms. The first kappa shape index (κ1) is 12.6. The summed E-state index contributed by atoms with van der Waals surface area (Å²) >= 11 is 0. The molecule has 3 N–H and O–H groups in total. The number of hydrogen-bond acceptors (Lipinski definition) is 7. The Morgan fingerprint density at radius 1 is 0.950 bits per heavy atom. The fourth-order valence-electron chi connectivity index (χ4n) is 2.30. The minimum absolute atomic E-state index is 0.627. The van der Waals surface area contributed by atoms with E-state index in [1.165, 1.54) is 6.33 Å². The van der Waals surface area contributed by atoms with Crippen LogP contribution in [0.25, 0.3) is 0 Å². The molecule has 0 radical (unpaired) electrons. The van der Waals surface area contributed by atoms with E-state index < -0.39 is 0 Å². The number of pyridine rings is 1. The molecule has 1 aliphatic rings. The standard InChI is InChI=1S/C13H17N7/c14-18-11-9-13(17-10-16-11)20-7-5-19(6-8-20)12-3-1-2-4-15-12/h1-4,9-10H,5-8,14H2,(H,16,17,18). The molecule has 0 unspecified atom stereocenters. The summed E-state index contributed by atoms with van der Waals surface area (Å²) in [5.41, 5.74) is 2.54. The zero-order chi connectivity index (χ0) is 13.8. The van der Waals surface area contributed by atoms with Gasteiger partial charge in [0.2, 0.25) is 0 Å². The van der Waals surface area contributed by atoms with Gasteiger partial charge in [-0.05, 0) is 12.1 Å². The van der Waals surface area contributed by atoms with Gasteiger partial charge in [0.15, 0.2) is 0 Å². The summed E-state index contributed by atoms with van der Waals surface area (Å²) in [6.45, 7) is 3.65. The lowest BCUT2D eigenvalue weighted by Gasteiger charge is -2.36. The van der Waals surface area contributed by atoms with Gasteiger partial charge in [0.25, 0.3) is 0 Å². The lowest BCUT2D eigenvalue weighted by atomic mass is 10.3. The Labute approximate surface area is 117 Å². The van der Waals surface area contributed by atoms with Crippen LogP contribution in [-0.4, -0.2) is 41.1 Å². The number of piperazine rings is 1. The quantitative estimate of drug-likeness (QED) is 0.620. The number of aromatic nitrogens is 3. The highest BCUT2D eigenvalue weighted by molar-refractivity contribution is 5.49. The van der Waals surface area contributed by atoms with Crippen molar-refractivity contribution in [2.24, 2.45) is 5.84 Å². The summed E-state index contributed by atoms with van der Waals surface area (Å²) in [5.74, 6) is 7.92. The molecule has 3 rings (SSSR count). The summed E-state index contributed by atoms with van der Waals surface area (Å²) in [6.07, 6.45) is 3.35. The molecule has 104 valence electrons. The molecule has 0 amide bonds. The molecular formula is C13H17N7. The summed E-state index contributed by atoms with van der Waals surface area (Å²) in [4.78, 5) is 17.2. The maximum absolute atomic E-state index is 5.37. The predicted molar refractivity (Wildman–Crippen MR) is 78.5 cm³/mol. The number of nitrogens with two attached hydrogens (primary N) is 1. The van der Waals surface area contributed by atoms with Crippen LogP contribution in [0, 0.1) is 0 Å². The monoisotopic (exact) mass is 271 g/mol. The molecule has 1 saturated heterocycles. The average molecular weight is 271 g/mol. The SMILES string of the molecule is NNc1cc(N2CCN(c3ccccn3)CC2)ncn1. The van der Waals surface area contributed by atoms with Crippen molar-refractivity contribution in [1.82, 2.24) is 15.0 Å². The Bertz CT molecular complexity index is 552. The lowest BCUT2D eigenvalue weighted by Crippen LogP contribution is -2.47. The maximum atomic E-state index is 5.37. The summed E-state index contributed by atoms with van der Waals surface area (Å²) in [6, 6.07) is 7.84. The van der Waals surface area contributed by atoms with E-state index in [9.17, 15) is 0 Å². The number of hydrogen-bond donors (Lipinski definition) is 2. The van der Waals surface area contributed by atoms with Crippen molar-refractivity contribution in [2.75, 3.05) is 41.4 Å². The van der Waals surface area contributed by atoms with Gasteiger partial charge in [-0.2, -0.15) is 0 Å². The number of anilines is 3. The molecule has 2 aromatic rings. The van der Waals surface area contributed by atoms with Crippen LogP contribution in [0.4, 0.5) is 17.5 Å². The Morgan fingerprint density at radius 3 is 2.35 bits per heavy atom. The molecular weight excluding hydrogens is 254 g/mol. The van der Waals surface area contributed by atoms with Crippen LogP contribution >= 0.6 is 0 Å². The molecule has 0 atom stereocenters. The fourth-order valence-corrected chi connectivity index (χ4v) is 2.30.